The van der Waals surface area contributed by atoms with Gasteiger partial charge in [-0.2, -0.15) is 0 Å². The Morgan fingerprint density at radius 1 is 1.23 bits per heavy atom. The predicted molar refractivity (Wildman–Crippen MR) is 62.4 cm³/mol. The van der Waals surface area contributed by atoms with Gasteiger partial charge in [-0.25, -0.2) is 0 Å². The maximum Gasteiger partial charge on any atom is 0.0765 e. The van der Waals surface area contributed by atoms with Crippen LogP contribution in [-0.4, -0.2) is 4.99 Å². The van der Waals surface area contributed by atoms with E-state index in [0.717, 1.165) is 10.7 Å². The highest BCUT2D eigenvalue weighted by atomic mass is 32.1. The van der Waals surface area contributed by atoms with Crippen molar-refractivity contribution in [3.8, 4) is 0 Å². The van der Waals surface area contributed by atoms with Crippen molar-refractivity contribution in [3.63, 3.8) is 0 Å². The van der Waals surface area contributed by atoms with Gasteiger partial charge in [-0.05, 0) is 30.5 Å². The molecule has 0 aliphatic carbocycles. The average molecular weight is 193 g/mol. The molecule has 13 heavy (non-hydrogen) atoms. The van der Waals surface area contributed by atoms with Gasteiger partial charge in [0, 0.05) is 5.69 Å². The number of thiocarbonyl (C=S) groups is 1. The maximum absolute atomic E-state index is 4.95. The van der Waals surface area contributed by atoms with Crippen LogP contribution in [-0.2, 0) is 0 Å². The van der Waals surface area contributed by atoms with Crippen molar-refractivity contribution in [1.29, 1.82) is 0 Å². The van der Waals surface area contributed by atoms with E-state index in [9.17, 15) is 0 Å². The zero-order chi connectivity index (χ0) is 9.84. The summed E-state index contributed by atoms with van der Waals surface area (Å²) < 4.78 is 0. The maximum atomic E-state index is 4.95. The van der Waals surface area contributed by atoms with Gasteiger partial charge in [0.05, 0.1) is 4.99 Å². The molecule has 0 atom stereocenters. The normalized spacial score (nSPS) is 10.2. The molecule has 0 spiro atoms. The molecule has 1 rings (SSSR count). The molecule has 0 amide bonds. The van der Waals surface area contributed by atoms with Crippen LogP contribution in [0.5, 0.6) is 0 Å². The van der Waals surface area contributed by atoms with Crippen LogP contribution < -0.4 is 5.32 Å². The first-order chi connectivity index (χ1) is 6.09. The third-order valence-corrected chi connectivity index (χ3v) is 2.00. The van der Waals surface area contributed by atoms with E-state index in [1.165, 1.54) is 5.56 Å². The molecule has 0 saturated heterocycles. The number of hydrogen-bond acceptors (Lipinski definition) is 1. The van der Waals surface area contributed by atoms with Crippen LogP contribution in [0, 0.1) is 0 Å². The summed E-state index contributed by atoms with van der Waals surface area (Å²) in [5.41, 5.74) is 2.42. The summed E-state index contributed by atoms with van der Waals surface area (Å²) in [7, 11) is 0. The summed E-state index contributed by atoms with van der Waals surface area (Å²) in [4.78, 5) is 0.803. The summed E-state index contributed by atoms with van der Waals surface area (Å²) in [5.74, 6) is 0.586. The second-order valence-electron chi connectivity index (χ2n) is 3.46. The Morgan fingerprint density at radius 2 is 1.77 bits per heavy atom. The van der Waals surface area contributed by atoms with Crippen LogP contribution >= 0.6 is 12.2 Å². The fourth-order valence-corrected chi connectivity index (χ4v) is 1.27. The van der Waals surface area contributed by atoms with E-state index in [1.54, 1.807) is 0 Å². The molecular formula is C11H15NS. The van der Waals surface area contributed by atoms with E-state index in [-0.39, 0.29) is 0 Å². The Hall–Kier alpha value is -0.890. The lowest BCUT2D eigenvalue weighted by Gasteiger charge is -2.07. The lowest BCUT2D eigenvalue weighted by Crippen LogP contribution is -2.03. The summed E-state index contributed by atoms with van der Waals surface area (Å²) in [6.45, 7) is 6.26. The van der Waals surface area contributed by atoms with Crippen LogP contribution in [0.2, 0.25) is 0 Å². The first kappa shape index (κ1) is 10.2. The number of nitrogens with one attached hydrogen (secondary N) is 1. The molecule has 70 valence electrons. The molecule has 0 aromatic heterocycles. The smallest absolute Gasteiger partial charge is 0.0765 e. The van der Waals surface area contributed by atoms with Crippen LogP contribution in [0.3, 0.4) is 0 Å². The predicted octanol–water partition coefficient (Wildman–Crippen LogP) is 3.57. The summed E-state index contributed by atoms with van der Waals surface area (Å²) in [6, 6.07) is 8.38. The molecule has 1 aromatic rings. The molecule has 0 aliphatic heterocycles. The Morgan fingerprint density at radius 3 is 2.15 bits per heavy atom. The van der Waals surface area contributed by atoms with E-state index >= 15 is 0 Å². The van der Waals surface area contributed by atoms with E-state index < -0.39 is 0 Å². The van der Waals surface area contributed by atoms with Crippen molar-refractivity contribution >= 4 is 22.9 Å². The van der Waals surface area contributed by atoms with Crippen LogP contribution in [0.1, 0.15) is 32.3 Å². The van der Waals surface area contributed by atoms with Gasteiger partial charge >= 0.3 is 0 Å². The van der Waals surface area contributed by atoms with Gasteiger partial charge in [-0.15, -0.1) is 0 Å². The molecule has 2 heteroatoms. The van der Waals surface area contributed by atoms with Crippen LogP contribution in [0.25, 0.3) is 0 Å². The third-order valence-electron chi connectivity index (χ3n) is 1.90. The van der Waals surface area contributed by atoms with E-state index in [2.05, 4.69) is 43.4 Å². The Kier molecular flexibility index (Phi) is 3.43. The molecule has 0 fully saturated rings. The highest BCUT2D eigenvalue weighted by Gasteiger charge is 1.98. The van der Waals surface area contributed by atoms with E-state index in [1.807, 2.05) is 6.92 Å². The highest BCUT2D eigenvalue weighted by Crippen LogP contribution is 2.16. The van der Waals surface area contributed by atoms with Crippen molar-refractivity contribution in [3.05, 3.63) is 29.8 Å². The van der Waals surface area contributed by atoms with Gasteiger partial charge in [0.2, 0.25) is 0 Å². The van der Waals surface area contributed by atoms with Gasteiger partial charge in [-0.3, -0.25) is 0 Å². The first-order valence-electron chi connectivity index (χ1n) is 4.47. The van der Waals surface area contributed by atoms with Crippen molar-refractivity contribution in [1.82, 2.24) is 0 Å². The molecule has 0 aliphatic rings. The zero-order valence-electron chi connectivity index (χ0n) is 8.29. The summed E-state index contributed by atoms with van der Waals surface area (Å²) >= 11 is 4.95. The third kappa shape index (κ3) is 3.15. The Balaban J connectivity index is 2.75. The molecule has 0 unspecified atom stereocenters. The summed E-state index contributed by atoms with van der Waals surface area (Å²) in [5, 5.41) is 3.10. The van der Waals surface area contributed by atoms with Crippen molar-refractivity contribution in [2.24, 2.45) is 0 Å². The SMILES string of the molecule is CC(=S)Nc1ccc(C(C)C)cc1. The van der Waals surface area contributed by atoms with Gasteiger partial charge < -0.3 is 5.32 Å². The first-order valence-corrected chi connectivity index (χ1v) is 4.88. The van der Waals surface area contributed by atoms with Crippen molar-refractivity contribution in [2.75, 3.05) is 5.32 Å². The molecule has 0 bridgehead atoms. The molecular weight excluding hydrogens is 178 g/mol. The zero-order valence-corrected chi connectivity index (χ0v) is 9.11. The van der Waals surface area contributed by atoms with Crippen molar-refractivity contribution < 1.29 is 0 Å². The summed E-state index contributed by atoms with van der Waals surface area (Å²) in [6.07, 6.45) is 0. The largest absolute Gasteiger partial charge is 0.350 e. The fraction of sp³-hybridized carbons (Fsp3) is 0.364. The van der Waals surface area contributed by atoms with Gasteiger partial charge in [0.15, 0.2) is 0 Å². The van der Waals surface area contributed by atoms with Gasteiger partial charge in [-0.1, -0.05) is 38.2 Å². The van der Waals surface area contributed by atoms with Crippen LogP contribution in [0.4, 0.5) is 5.69 Å². The standard InChI is InChI=1S/C11H15NS/c1-8(2)10-4-6-11(7-5-10)12-9(3)13/h4-8H,1-3H3,(H,12,13). The topological polar surface area (TPSA) is 12.0 Å². The van der Waals surface area contributed by atoms with Crippen LogP contribution in [0.15, 0.2) is 24.3 Å². The van der Waals surface area contributed by atoms with Gasteiger partial charge in [0.25, 0.3) is 0 Å². The minimum atomic E-state index is 0.586. The molecule has 0 radical (unpaired) electrons. The molecule has 0 saturated carbocycles. The van der Waals surface area contributed by atoms with E-state index in [4.69, 9.17) is 12.2 Å². The number of rotatable bonds is 2. The second kappa shape index (κ2) is 4.38. The average Bonchev–Trinajstić information content (AvgIpc) is 2.04. The monoisotopic (exact) mass is 193 g/mol. The minimum absolute atomic E-state index is 0.586. The molecule has 1 N–H and O–H groups in total. The highest BCUT2D eigenvalue weighted by molar-refractivity contribution is 7.80. The molecule has 1 nitrogen and oxygen atoms in total. The minimum Gasteiger partial charge on any atom is -0.350 e. The fourth-order valence-electron chi connectivity index (χ4n) is 1.15. The molecule has 1 aromatic carbocycles. The van der Waals surface area contributed by atoms with Crippen molar-refractivity contribution in [2.45, 2.75) is 26.7 Å². The second-order valence-corrected chi connectivity index (χ2v) is 4.07. The van der Waals surface area contributed by atoms with E-state index in [0.29, 0.717) is 5.92 Å². The lowest BCUT2D eigenvalue weighted by atomic mass is 10.0. The number of hydrogen-bond donors (Lipinski definition) is 1. The number of anilines is 1. The molecule has 0 heterocycles. The van der Waals surface area contributed by atoms with Gasteiger partial charge in [0.1, 0.15) is 0 Å². The quantitative estimate of drug-likeness (QED) is 0.721. The Labute approximate surface area is 85.2 Å². The lowest BCUT2D eigenvalue weighted by molar-refractivity contribution is 0.867. The Bertz CT molecular complexity index is 287. The number of benzene rings is 1.